The molecule has 0 aromatic heterocycles. The van der Waals surface area contributed by atoms with Gasteiger partial charge in [-0.15, -0.1) is 0 Å². The van der Waals surface area contributed by atoms with E-state index in [1.54, 1.807) is 0 Å². The van der Waals surface area contributed by atoms with Crippen molar-refractivity contribution in [2.45, 2.75) is 143 Å². The molecule has 11 N–H and O–H groups in total. The molecule has 0 aromatic carbocycles. The first kappa shape index (κ1) is 32.8. The largest absolute Gasteiger partial charge is 0.429 e. The summed E-state index contributed by atoms with van der Waals surface area (Å²) in [5.74, 6) is 0.0943. The van der Waals surface area contributed by atoms with Crippen molar-refractivity contribution in [1.29, 1.82) is 0 Å². The van der Waals surface area contributed by atoms with E-state index in [4.69, 9.17) is 23.7 Å². The predicted molar refractivity (Wildman–Crippen MR) is 138 cm³/mol. The van der Waals surface area contributed by atoms with Crippen molar-refractivity contribution < 1.29 is 74.7 Å². The standard InChI is InChI=1S/C27H46O15/c28-8-18-20(32)22(34)24(36)26(41-18)38-9-19-21(33)23(35)25(37)27(42-19)39-11-6-14(30)12-2-4-16(40-17(12)7-11)10-1-3-13(29)15(31)5-10/h10-37H,1-9H2/p+1. The van der Waals surface area contributed by atoms with E-state index < -0.39 is 99.0 Å². The molecule has 2 aliphatic carbocycles. The number of aliphatic hydroxyl groups is 12. The van der Waals surface area contributed by atoms with Gasteiger partial charge in [0.1, 0.15) is 48.8 Å². The quantitative estimate of drug-likeness (QED) is 0.122. The Kier molecular flexibility index (Phi) is 10.8. The van der Waals surface area contributed by atoms with Gasteiger partial charge in [-0.25, -0.2) is 0 Å². The highest BCUT2D eigenvalue weighted by molar-refractivity contribution is 4.95. The number of fused-ring (bicyclic) bond motifs is 1. The van der Waals surface area contributed by atoms with Crippen molar-refractivity contribution in [2.75, 3.05) is 13.2 Å². The highest BCUT2D eigenvalue weighted by Gasteiger charge is 2.51. The van der Waals surface area contributed by atoms with Crippen LogP contribution in [0.3, 0.4) is 0 Å². The maximum absolute atomic E-state index is 10.9. The molecule has 0 amide bonds. The highest BCUT2D eigenvalue weighted by Crippen LogP contribution is 2.41. The minimum atomic E-state index is -1.68. The van der Waals surface area contributed by atoms with Crippen molar-refractivity contribution in [3.8, 4) is 0 Å². The Labute approximate surface area is 243 Å². The third-order valence-corrected chi connectivity index (χ3v) is 9.81. The van der Waals surface area contributed by atoms with Gasteiger partial charge in [-0.1, -0.05) is 0 Å². The molecule has 15 nitrogen and oxygen atoms in total. The molecule has 0 spiro atoms. The molecule has 15 heteroatoms. The normalized spacial score (nSPS) is 53.9. The minimum Gasteiger partial charge on any atom is -0.429 e. The lowest BCUT2D eigenvalue weighted by Crippen LogP contribution is -2.62. The van der Waals surface area contributed by atoms with Crippen LogP contribution in [0.15, 0.2) is 0 Å². The Bertz CT molecular complexity index is 865. The van der Waals surface area contributed by atoms with Crippen molar-refractivity contribution in [1.82, 2.24) is 0 Å². The Morgan fingerprint density at radius 2 is 1.26 bits per heavy atom. The fourth-order valence-electron chi connectivity index (χ4n) is 7.21. The lowest BCUT2D eigenvalue weighted by Gasteiger charge is -2.46. The molecule has 3 saturated heterocycles. The predicted octanol–water partition coefficient (Wildman–Crippen LogP) is -4.65. The molecule has 2 saturated carbocycles. The van der Waals surface area contributed by atoms with Crippen molar-refractivity contribution in [3.63, 3.8) is 0 Å². The number of hydrogen-bond acceptors (Lipinski definition) is 14. The van der Waals surface area contributed by atoms with E-state index in [0.717, 1.165) is 19.3 Å². The maximum Gasteiger partial charge on any atom is 0.186 e. The van der Waals surface area contributed by atoms with E-state index >= 15 is 0 Å². The smallest absolute Gasteiger partial charge is 0.186 e. The highest BCUT2D eigenvalue weighted by atomic mass is 16.7. The molecule has 18 atom stereocenters. The molecule has 0 bridgehead atoms. The number of rotatable bonds is 7. The van der Waals surface area contributed by atoms with Crippen LogP contribution < -0.4 is 0 Å². The van der Waals surface area contributed by atoms with Gasteiger partial charge in [-0.3, -0.25) is 0 Å². The molecule has 3 aliphatic heterocycles. The van der Waals surface area contributed by atoms with E-state index in [-0.39, 0.29) is 30.5 Å². The van der Waals surface area contributed by atoms with Crippen LogP contribution in [0, 0.1) is 11.8 Å². The molecule has 5 aliphatic rings. The molecular weight excluding hydrogens is 564 g/mol. The maximum atomic E-state index is 10.9. The van der Waals surface area contributed by atoms with Gasteiger partial charge in [0, 0.05) is 25.2 Å². The van der Waals surface area contributed by atoms with E-state index in [1.807, 2.05) is 0 Å². The second-order valence-electron chi connectivity index (χ2n) is 12.6. The summed E-state index contributed by atoms with van der Waals surface area (Å²) < 4.78 is 27.6. The summed E-state index contributed by atoms with van der Waals surface area (Å²) in [6.07, 6.45) is -14.1. The van der Waals surface area contributed by atoms with Gasteiger partial charge in [0.05, 0.1) is 43.5 Å². The summed E-state index contributed by atoms with van der Waals surface area (Å²) >= 11 is 0. The van der Waals surface area contributed by atoms with Crippen LogP contribution in [0.25, 0.3) is 0 Å². The van der Waals surface area contributed by atoms with Gasteiger partial charge in [-0.05, 0) is 25.7 Å². The average molecular weight is 612 g/mol. The Morgan fingerprint density at radius 1 is 0.595 bits per heavy atom. The summed E-state index contributed by atoms with van der Waals surface area (Å²) in [6.45, 7) is -1.12. The Balaban J connectivity index is 1.18. The third-order valence-electron chi connectivity index (χ3n) is 9.81. The minimum absolute atomic E-state index is 0.00297. The lowest BCUT2D eigenvalue weighted by molar-refractivity contribution is -0.342. The molecule has 5 rings (SSSR count). The van der Waals surface area contributed by atoms with Crippen molar-refractivity contribution in [2.24, 2.45) is 11.8 Å². The first-order valence-electron chi connectivity index (χ1n) is 15.0. The Hall–Kier alpha value is -0.600. The van der Waals surface area contributed by atoms with Crippen LogP contribution in [0.1, 0.15) is 44.9 Å². The van der Waals surface area contributed by atoms with Crippen molar-refractivity contribution >= 4 is 0 Å². The summed E-state index contributed by atoms with van der Waals surface area (Å²) in [4.78, 5) is 0. The summed E-state index contributed by atoms with van der Waals surface area (Å²) in [5, 5.41) is 102. The van der Waals surface area contributed by atoms with Crippen molar-refractivity contribution in [3.05, 3.63) is 0 Å². The monoisotopic (exact) mass is 611 g/mol. The van der Waals surface area contributed by atoms with Crippen LogP contribution in [-0.4, -0.2) is 167 Å². The van der Waals surface area contributed by atoms with Gasteiger partial charge in [0.2, 0.25) is 0 Å². The zero-order valence-electron chi connectivity index (χ0n) is 23.3. The van der Waals surface area contributed by atoms with Gasteiger partial charge in [0.15, 0.2) is 24.8 Å². The van der Waals surface area contributed by atoms with E-state index in [1.165, 1.54) is 0 Å². The van der Waals surface area contributed by atoms with Crippen LogP contribution in [0.2, 0.25) is 0 Å². The number of hydrogen-bond donors (Lipinski definition) is 10. The van der Waals surface area contributed by atoms with E-state index in [9.17, 15) is 51.1 Å². The molecule has 42 heavy (non-hydrogen) atoms. The van der Waals surface area contributed by atoms with Gasteiger partial charge >= 0.3 is 0 Å². The number of ether oxygens (including phenoxy) is 5. The molecule has 3 heterocycles. The zero-order chi connectivity index (χ0) is 30.3. The van der Waals surface area contributed by atoms with E-state index in [2.05, 4.69) is 0 Å². The fraction of sp³-hybridized carbons (Fsp3) is 1.00. The fourth-order valence-corrected chi connectivity index (χ4v) is 7.21. The van der Waals surface area contributed by atoms with Crippen LogP contribution >= 0.6 is 0 Å². The molecule has 0 aromatic rings. The second-order valence-corrected chi connectivity index (χ2v) is 12.6. The van der Waals surface area contributed by atoms with Gasteiger partial charge in [0.25, 0.3) is 0 Å². The average Bonchev–Trinajstić information content (AvgIpc) is 2.97. The topological polar surface area (TPSA) is 252 Å². The molecular formula is C27H47O15+. The molecule has 244 valence electrons. The Morgan fingerprint density at radius 3 is 1.95 bits per heavy atom. The lowest BCUT2D eigenvalue weighted by atomic mass is 9.73. The molecule has 18 unspecified atom stereocenters. The SMILES string of the molecule is OCC1OC(OCC2OC(OC3CC(O)C4CCC(C5CCC(O)C(O)C5)[OH+]C4C3)C(O)C(O)C2O)C(O)C(O)C1O. The van der Waals surface area contributed by atoms with Crippen LogP contribution in [-0.2, 0) is 18.9 Å². The molecule has 0 radical (unpaired) electrons. The van der Waals surface area contributed by atoms with Crippen LogP contribution in [0.4, 0.5) is 0 Å². The van der Waals surface area contributed by atoms with Crippen LogP contribution in [0.5, 0.6) is 0 Å². The first-order chi connectivity index (χ1) is 20.0. The second kappa shape index (κ2) is 13.8. The molecule has 5 fully saturated rings. The summed E-state index contributed by atoms with van der Waals surface area (Å²) in [6, 6.07) is 0. The van der Waals surface area contributed by atoms with Gasteiger partial charge < -0.3 is 74.7 Å². The van der Waals surface area contributed by atoms with Gasteiger partial charge in [-0.2, -0.15) is 0 Å². The zero-order valence-corrected chi connectivity index (χ0v) is 23.3. The third kappa shape index (κ3) is 6.80. The van der Waals surface area contributed by atoms with E-state index in [0.29, 0.717) is 19.3 Å². The number of aliphatic hydroxyl groups excluding tert-OH is 10. The summed E-state index contributed by atoms with van der Waals surface area (Å²) in [7, 11) is 0. The summed E-state index contributed by atoms with van der Waals surface area (Å²) in [5.41, 5.74) is 0. The first-order valence-corrected chi connectivity index (χ1v) is 15.0.